The number of rotatable bonds is 11. The van der Waals surface area contributed by atoms with E-state index in [1.54, 1.807) is 19.1 Å². The third-order valence-electron chi connectivity index (χ3n) is 5.37. The van der Waals surface area contributed by atoms with Crippen LogP contribution in [0, 0.1) is 6.92 Å². The van der Waals surface area contributed by atoms with E-state index >= 15 is 0 Å². The molecular formula is C27H29NO7S. The summed E-state index contributed by atoms with van der Waals surface area (Å²) in [7, 11) is -4.03. The summed E-state index contributed by atoms with van der Waals surface area (Å²) in [6, 6.07) is 20.4. The van der Waals surface area contributed by atoms with E-state index in [0.29, 0.717) is 5.56 Å². The highest BCUT2D eigenvalue weighted by atomic mass is 32.2. The summed E-state index contributed by atoms with van der Waals surface area (Å²) in [4.78, 5) is 25.1. The molecule has 0 heterocycles. The second-order valence-electron chi connectivity index (χ2n) is 8.16. The smallest absolute Gasteiger partial charge is 0.339 e. The Bertz CT molecular complexity index is 1260. The van der Waals surface area contributed by atoms with Gasteiger partial charge in [0.1, 0.15) is 17.3 Å². The van der Waals surface area contributed by atoms with Gasteiger partial charge in [0, 0.05) is 6.04 Å². The maximum Gasteiger partial charge on any atom is 0.339 e. The molecule has 190 valence electrons. The highest BCUT2D eigenvalue weighted by Gasteiger charge is 2.31. The first kappa shape index (κ1) is 26.9. The number of carbonyl (C=O) groups is 2. The lowest BCUT2D eigenvalue weighted by molar-refractivity contribution is -0.148. The fraction of sp³-hybridized carbons (Fsp3) is 0.259. The first-order valence-electron chi connectivity index (χ1n) is 11.4. The van der Waals surface area contributed by atoms with Gasteiger partial charge in [-0.2, -0.15) is 8.42 Å². The van der Waals surface area contributed by atoms with Gasteiger partial charge in [-0.3, -0.25) is 9.59 Å². The van der Waals surface area contributed by atoms with Crippen LogP contribution in [0.15, 0.2) is 83.8 Å². The second-order valence-corrected chi connectivity index (χ2v) is 9.71. The van der Waals surface area contributed by atoms with Gasteiger partial charge >= 0.3 is 22.1 Å². The molecule has 0 fully saturated rings. The van der Waals surface area contributed by atoms with Crippen molar-refractivity contribution in [3.63, 3.8) is 0 Å². The van der Waals surface area contributed by atoms with E-state index in [1.807, 2.05) is 37.3 Å². The number of carbonyl (C=O) groups excluding carboxylic acids is 2. The first-order chi connectivity index (χ1) is 17.2. The Labute approximate surface area is 211 Å². The molecule has 3 rings (SSSR count). The predicted molar refractivity (Wildman–Crippen MR) is 134 cm³/mol. The van der Waals surface area contributed by atoms with Crippen LogP contribution >= 0.6 is 0 Å². The molecule has 8 nitrogen and oxygen atoms in total. The average molecular weight is 512 g/mol. The van der Waals surface area contributed by atoms with Crippen molar-refractivity contribution in [1.82, 2.24) is 0 Å². The monoisotopic (exact) mass is 511 g/mol. The van der Waals surface area contributed by atoms with E-state index in [0.717, 1.165) is 11.1 Å². The minimum atomic E-state index is -4.03. The Balaban J connectivity index is 1.79. The lowest BCUT2D eigenvalue weighted by Crippen LogP contribution is -2.37. The number of ether oxygens (including phenoxy) is 2. The Morgan fingerprint density at radius 2 is 1.53 bits per heavy atom. The summed E-state index contributed by atoms with van der Waals surface area (Å²) in [5, 5.41) is 0. The van der Waals surface area contributed by atoms with E-state index in [-0.39, 0.29) is 30.3 Å². The molecule has 3 aromatic rings. The molecule has 0 bridgehead atoms. The van der Waals surface area contributed by atoms with Crippen LogP contribution in [0.4, 0.5) is 0 Å². The van der Waals surface area contributed by atoms with Gasteiger partial charge in [-0.15, -0.1) is 0 Å². The van der Waals surface area contributed by atoms with Gasteiger partial charge in [0.15, 0.2) is 0 Å². The lowest BCUT2D eigenvalue weighted by atomic mass is 9.90. The molecule has 0 aliphatic carbocycles. The third-order valence-corrected chi connectivity index (χ3v) is 6.63. The molecule has 0 saturated carbocycles. The molecule has 0 spiro atoms. The zero-order valence-electron chi connectivity index (χ0n) is 20.1. The van der Waals surface area contributed by atoms with Gasteiger partial charge in [-0.25, -0.2) is 0 Å². The zero-order valence-corrected chi connectivity index (χ0v) is 20.9. The van der Waals surface area contributed by atoms with Crippen LogP contribution in [0.3, 0.4) is 0 Å². The number of esters is 2. The minimum absolute atomic E-state index is 0.0241. The van der Waals surface area contributed by atoms with Gasteiger partial charge < -0.3 is 19.4 Å². The summed E-state index contributed by atoms with van der Waals surface area (Å²) in [6.07, 6.45) is -0.195. The Morgan fingerprint density at radius 1 is 0.889 bits per heavy atom. The molecule has 3 aromatic carbocycles. The second kappa shape index (κ2) is 12.3. The van der Waals surface area contributed by atoms with Gasteiger partial charge in [-0.1, -0.05) is 60.2 Å². The number of nitrogens with two attached hydrogens (primary N) is 1. The van der Waals surface area contributed by atoms with Gasteiger partial charge in [0.25, 0.3) is 0 Å². The fourth-order valence-electron chi connectivity index (χ4n) is 3.52. The summed E-state index contributed by atoms with van der Waals surface area (Å²) in [6.45, 7) is 3.76. The molecule has 2 atom stereocenters. The molecule has 9 heteroatoms. The van der Waals surface area contributed by atoms with Crippen molar-refractivity contribution in [2.24, 2.45) is 5.73 Å². The predicted octanol–water partition coefficient (Wildman–Crippen LogP) is 3.87. The minimum Gasteiger partial charge on any atom is -0.466 e. The van der Waals surface area contributed by atoms with Crippen LogP contribution in [-0.4, -0.2) is 33.0 Å². The van der Waals surface area contributed by atoms with Gasteiger partial charge in [0.2, 0.25) is 0 Å². The first-order valence-corrected chi connectivity index (χ1v) is 12.8. The molecule has 0 aliphatic heterocycles. The zero-order chi connectivity index (χ0) is 26.1. The maximum absolute atomic E-state index is 13.0. The topological polar surface area (TPSA) is 122 Å². The highest BCUT2D eigenvalue weighted by molar-refractivity contribution is 7.87. The average Bonchev–Trinajstić information content (AvgIpc) is 2.85. The van der Waals surface area contributed by atoms with Crippen molar-refractivity contribution in [2.45, 2.75) is 43.7 Å². The number of aryl methyl sites for hydroxylation is 1. The van der Waals surface area contributed by atoms with E-state index in [2.05, 4.69) is 0 Å². The van der Waals surface area contributed by atoms with E-state index in [1.165, 1.54) is 36.4 Å². The molecule has 2 N–H and O–H groups in total. The van der Waals surface area contributed by atoms with Crippen LogP contribution in [0.5, 0.6) is 5.75 Å². The van der Waals surface area contributed by atoms with E-state index in [9.17, 15) is 18.0 Å². The Morgan fingerprint density at radius 3 is 2.14 bits per heavy atom. The van der Waals surface area contributed by atoms with Crippen LogP contribution in [0.2, 0.25) is 0 Å². The van der Waals surface area contributed by atoms with Crippen LogP contribution in [0.1, 0.15) is 36.0 Å². The van der Waals surface area contributed by atoms with Crippen LogP contribution < -0.4 is 9.92 Å². The normalized spacial score (nSPS) is 12.9. The van der Waals surface area contributed by atoms with Crippen molar-refractivity contribution in [3.05, 3.63) is 95.6 Å². The van der Waals surface area contributed by atoms with Gasteiger partial charge in [0.05, 0.1) is 18.9 Å². The quantitative estimate of drug-likeness (QED) is 0.304. The number of benzene rings is 3. The van der Waals surface area contributed by atoms with Crippen LogP contribution in [-0.2, 0) is 35.8 Å². The summed E-state index contributed by atoms with van der Waals surface area (Å²) < 4.78 is 40.9. The molecule has 0 radical (unpaired) electrons. The fourth-order valence-corrected chi connectivity index (χ4v) is 4.45. The van der Waals surface area contributed by atoms with Crippen molar-refractivity contribution >= 4 is 22.1 Å². The maximum atomic E-state index is 13.0. The molecule has 0 aromatic heterocycles. The molecule has 0 amide bonds. The molecule has 2 unspecified atom stereocenters. The van der Waals surface area contributed by atoms with Crippen molar-refractivity contribution < 1.29 is 31.7 Å². The molecule has 0 aliphatic rings. The van der Waals surface area contributed by atoms with Crippen molar-refractivity contribution in [2.75, 3.05) is 6.61 Å². The lowest BCUT2D eigenvalue weighted by Gasteiger charge is -2.22. The molecule has 36 heavy (non-hydrogen) atoms. The SMILES string of the molecule is CCOC(=O)CC(N)C(C(=O)OCc1ccccc1)c1ccc(OS(=O)(=O)c2ccc(C)cc2)cc1. The van der Waals surface area contributed by atoms with Gasteiger partial charge in [-0.05, 0) is 49.2 Å². The Hall–Kier alpha value is -3.69. The van der Waals surface area contributed by atoms with E-state index in [4.69, 9.17) is 19.4 Å². The summed E-state index contributed by atoms with van der Waals surface area (Å²) in [5.41, 5.74) is 8.42. The standard InChI is InChI=1S/C27H29NO7S/c1-3-33-25(29)17-24(28)26(27(30)34-18-20-7-5-4-6-8-20)21-11-13-22(14-12-21)35-36(31,32)23-15-9-19(2)10-16-23/h4-16,24,26H,3,17-18,28H2,1-2H3. The van der Waals surface area contributed by atoms with Crippen molar-refractivity contribution in [1.29, 1.82) is 0 Å². The van der Waals surface area contributed by atoms with Crippen LogP contribution in [0.25, 0.3) is 0 Å². The highest BCUT2D eigenvalue weighted by Crippen LogP contribution is 2.27. The van der Waals surface area contributed by atoms with E-state index < -0.39 is 34.0 Å². The molecular weight excluding hydrogens is 482 g/mol. The Kier molecular flexibility index (Phi) is 9.21. The summed E-state index contributed by atoms with van der Waals surface area (Å²) >= 11 is 0. The largest absolute Gasteiger partial charge is 0.466 e. The third kappa shape index (κ3) is 7.40. The van der Waals surface area contributed by atoms with Crippen molar-refractivity contribution in [3.8, 4) is 5.75 Å². The summed E-state index contributed by atoms with van der Waals surface area (Å²) in [5.74, 6) is -2.07. The molecule has 0 saturated heterocycles. The number of hydrogen-bond acceptors (Lipinski definition) is 8. The number of hydrogen-bond donors (Lipinski definition) is 1.